The van der Waals surface area contributed by atoms with Crippen molar-refractivity contribution in [2.75, 3.05) is 44.7 Å². The monoisotopic (exact) mass is 307 g/mol. The number of nitrogens with zero attached hydrogens (tertiary/aromatic N) is 3. The molecule has 0 radical (unpaired) electrons. The Kier molecular flexibility index (Phi) is 4.22. The summed E-state index contributed by atoms with van der Waals surface area (Å²) in [4.78, 5) is 20.4. The summed E-state index contributed by atoms with van der Waals surface area (Å²) in [5, 5.41) is 1.30. The smallest absolute Gasteiger partial charge is 0.264 e. The van der Waals surface area contributed by atoms with Crippen LogP contribution in [0.2, 0.25) is 0 Å². The maximum Gasteiger partial charge on any atom is 0.264 e. The van der Waals surface area contributed by atoms with E-state index in [0.717, 1.165) is 44.0 Å². The van der Waals surface area contributed by atoms with Crippen LogP contribution in [0.4, 0.5) is 5.00 Å². The fourth-order valence-electron chi connectivity index (χ4n) is 3.23. The molecule has 0 spiro atoms. The number of rotatable bonds is 2. The van der Waals surface area contributed by atoms with E-state index in [9.17, 15) is 4.79 Å². The Morgan fingerprint density at radius 2 is 1.90 bits per heavy atom. The Labute approximate surface area is 131 Å². The molecule has 1 fully saturated rings. The molecule has 1 aromatic rings. The molecule has 3 heterocycles. The average Bonchev–Trinajstić information content (AvgIpc) is 2.92. The van der Waals surface area contributed by atoms with Crippen molar-refractivity contribution in [3.05, 3.63) is 16.5 Å². The van der Waals surface area contributed by atoms with E-state index in [4.69, 9.17) is 0 Å². The normalized spacial score (nSPS) is 20.0. The maximum atomic E-state index is 12.7. The van der Waals surface area contributed by atoms with Crippen LogP contribution in [0, 0.1) is 0 Å². The minimum Gasteiger partial charge on any atom is -0.366 e. The van der Waals surface area contributed by atoms with Crippen LogP contribution in [0.25, 0.3) is 0 Å². The minimum absolute atomic E-state index is 0.228. The first-order valence-electron chi connectivity index (χ1n) is 7.93. The lowest BCUT2D eigenvalue weighted by molar-refractivity contribution is 0.0600. The fourth-order valence-corrected chi connectivity index (χ4v) is 4.40. The molecule has 5 heteroatoms. The van der Waals surface area contributed by atoms with Gasteiger partial charge >= 0.3 is 0 Å². The zero-order valence-electron chi connectivity index (χ0n) is 13.3. The standard InChI is InChI=1S/C16H25N3OS/c1-12(2)18-7-9-19(10-8-18)15(20)14-11-13-5-4-6-17(3)16(13)21-14/h11-12H,4-10H2,1-3H3. The van der Waals surface area contributed by atoms with Crippen LogP contribution >= 0.6 is 11.3 Å². The van der Waals surface area contributed by atoms with E-state index in [0.29, 0.717) is 6.04 Å². The van der Waals surface area contributed by atoms with E-state index in [-0.39, 0.29) is 5.91 Å². The lowest BCUT2D eigenvalue weighted by Crippen LogP contribution is -2.50. The first kappa shape index (κ1) is 14.9. The number of fused-ring (bicyclic) bond motifs is 1. The summed E-state index contributed by atoms with van der Waals surface area (Å²) in [6.07, 6.45) is 2.31. The molecule has 0 aliphatic carbocycles. The van der Waals surface area contributed by atoms with E-state index >= 15 is 0 Å². The van der Waals surface area contributed by atoms with Crippen molar-refractivity contribution < 1.29 is 4.79 Å². The van der Waals surface area contributed by atoms with Gasteiger partial charge < -0.3 is 9.80 Å². The van der Waals surface area contributed by atoms with Gasteiger partial charge in [-0.3, -0.25) is 9.69 Å². The largest absolute Gasteiger partial charge is 0.366 e. The molecule has 1 saturated heterocycles. The van der Waals surface area contributed by atoms with Crippen molar-refractivity contribution in [1.29, 1.82) is 0 Å². The summed E-state index contributed by atoms with van der Waals surface area (Å²) in [6, 6.07) is 2.71. The first-order valence-corrected chi connectivity index (χ1v) is 8.75. The van der Waals surface area contributed by atoms with Gasteiger partial charge in [-0.15, -0.1) is 11.3 Å². The zero-order chi connectivity index (χ0) is 15.0. The number of carbonyl (C=O) groups is 1. The van der Waals surface area contributed by atoms with Crippen LogP contribution in [0.15, 0.2) is 6.07 Å². The van der Waals surface area contributed by atoms with Crippen LogP contribution in [0.1, 0.15) is 35.5 Å². The van der Waals surface area contributed by atoms with Crippen molar-refractivity contribution in [3.63, 3.8) is 0 Å². The van der Waals surface area contributed by atoms with Crippen LogP contribution in [-0.4, -0.2) is 61.5 Å². The minimum atomic E-state index is 0.228. The molecule has 0 aromatic carbocycles. The van der Waals surface area contributed by atoms with Crippen molar-refractivity contribution in [1.82, 2.24) is 9.80 Å². The van der Waals surface area contributed by atoms with Gasteiger partial charge in [0.2, 0.25) is 0 Å². The van der Waals surface area contributed by atoms with E-state index < -0.39 is 0 Å². The zero-order valence-corrected chi connectivity index (χ0v) is 14.1. The van der Waals surface area contributed by atoms with Crippen LogP contribution in [-0.2, 0) is 6.42 Å². The number of piperazine rings is 1. The molecule has 2 aliphatic heterocycles. The average molecular weight is 307 g/mol. The van der Waals surface area contributed by atoms with Crippen molar-refractivity contribution in [2.45, 2.75) is 32.7 Å². The molecule has 0 N–H and O–H groups in total. The fraction of sp³-hybridized carbons (Fsp3) is 0.688. The van der Waals surface area contributed by atoms with E-state index in [1.165, 1.54) is 17.0 Å². The topological polar surface area (TPSA) is 26.8 Å². The number of hydrogen-bond acceptors (Lipinski definition) is 4. The van der Waals surface area contributed by atoms with Crippen molar-refractivity contribution in [3.8, 4) is 0 Å². The number of aryl methyl sites for hydroxylation is 1. The Balaban J connectivity index is 1.69. The number of thiophene rings is 1. The van der Waals surface area contributed by atoms with Crippen molar-refractivity contribution in [2.24, 2.45) is 0 Å². The van der Waals surface area contributed by atoms with Crippen LogP contribution in [0.3, 0.4) is 0 Å². The van der Waals surface area contributed by atoms with Gasteiger partial charge in [-0.2, -0.15) is 0 Å². The molecule has 1 aromatic heterocycles. The number of amides is 1. The molecule has 116 valence electrons. The third-order valence-electron chi connectivity index (χ3n) is 4.62. The predicted octanol–water partition coefficient (Wildman–Crippen LogP) is 2.30. The van der Waals surface area contributed by atoms with Gasteiger partial charge in [0.1, 0.15) is 0 Å². The second kappa shape index (κ2) is 5.97. The highest BCUT2D eigenvalue weighted by atomic mass is 32.1. The lowest BCUT2D eigenvalue weighted by atomic mass is 10.1. The van der Waals surface area contributed by atoms with Gasteiger partial charge in [0.15, 0.2) is 0 Å². The van der Waals surface area contributed by atoms with Gasteiger partial charge in [0, 0.05) is 45.8 Å². The molecular weight excluding hydrogens is 282 g/mol. The number of hydrogen-bond donors (Lipinski definition) is 0. The quantitative estimate of drug-likeness (QED) is 0.839. The third kappa shape index (κ3) is 2.94. The lowest BCUT2D eigenvalue weighted by Gasteiger charge is -2.36. The van der Waals surface area contributed by atoms with Gasteiger partial charge in [-0.25, -0.2) is 0 Å². The second-order valence-electron chi connectivity index (χ2n) is 6.39. The SMILES string of the molecule is CC(C)N1CCN(C(=O)c2cc3c(s2)N(C)CCC3)CC1. The van der Waals surface area contributed by atoms with E-state index in [2.05, 4.69) is 36.8 Å². The summed E-state index contributed by atoms with van der Waals surface area (Å²) in [5.74, 6) is 0.228. The molecule has 0 unspecified atom stereocenters. The molecule has 4 nitrogen and oxygen atoms in total. The molecule has 0 saturated carbocycles. The highest BCUT2D eigenvalue weighted by molar-refractivity contribution is 7.18. The molecule has 21 heavy (non-hydrogen) atoms. The maximum absolute atomic E-state index is 12.7. The van der Waals surface area contributed by atoms with Crippen molar-refractivity contribution >= 4 is 22.2 Å². The molecule has 2 aliphatic rings. The Morgan fingerprint density at radius 1 is 1.19 bits per heavy atom. The summed E-state index contributed by atoms with van der Waals surface area (Å²) in [6.45, 7) is 9.25. The van der Waals surface area contributed by atoms with Crippen LogP contribution < -0.4 is 4.90 Å². The van der Waals surface area contributed by atoms with E-state index in [1.54, 1.807) is 11.3 Å². The second-order valence-corrected chi connectivity index (χ2v) is 7.42. The summed E-state index contributed by atoms with van der Waals surface area (Å²) in [5.41, 5.74) is 1.36. The summed E-state index contributed by atoms with van der Waals surface area (Å²) in [7, 11) is 2.13. The first-order chi connectivity index (χ1) is 10.1. The molecule has 3 rings (SSSR count). The Bertz CT molecular complexity index is 518. The molecular formula is C16H25N3OS. The van der Waals surface area contributed by atoms with Crippen LogP contribution in [0.5, 0.6) is 0 Å². The highest BCUT2D eigenvalue weighted by Crippen LogP contribution is 2.35. The predicted molar refractivity (Wildman–Crippen MR) is 88.5 cm³/mol. The number of carbonyl (C=O) groups excluding carboxylic acids is 1. The van der Waals surface area contributed by atoms with Gasteiger partial charge in [-0.05, 0) is 38.3 Å². The summed E-state index contributed by atoms with van der Waals surface area (Å²) >= 11 is 1.67. The third-order valence-corrected chi connectivity index (χ3v) is 5.90. The van der Waals surface area contributed by atoms with E-state index in [1.807, 2.05) is 4.90 Å². The number of anilines is 1. The molecule has 0 bridgehead atoms. The highest BCUT2D eigenvalue weighted by Gasteiger charge is 2.26. The van der Waals surface area contributed by atoms with Gasteiger partial charge in [0.05, 0.1) is 9.88 Å². The Morgan fingerprint density at radius 3 is 2.52 bits per heavy atom. The Hall–Kier alpha value is -1.07. The molecule has 1 amide bonds. The van der Waals surface area contributed by atoms with Gasteiger partial charge in [-0.1, -0.05) is 0 Å². The van der Waals surface area contributed by atoms with Gasteiger partial charge in [0.25, 0.3) is 5.91 Å². The molecule has 0 atom stereocenters. The summed E-state index contributed by atoms with van der Waals surface area (Å²) < 4.78 is 0.